The number of halogens is 1. The third kappa shape index (κ3) is 1.77. The van der Waals surface area contributed by atoms with Gasteiger partial charge in [0.05, 0.1) is 0 Å². The molecule has 0 saturated carbocycles. The van der Waals surface area contributed by atoms with E-state index in [2.05, 4.69) is 10.2 Å². The Hall–Kier alpha value is -0.150. The van der Waals surface area contributed by atoms with E-state index in [1.165, 1.54) is 6.42 Å². The van der Waals surface area contributed by atoms with Crippen LogP contribution in [0.3, 0.4) is 0 Å². The number of nitrogens with zero attached hydrogens (tertiary/aromatic N) is 1. The molecule has 12 heavy (non-hydrogen) atoms. The van der Waals surface area contributed by atoms with Crippen molar-refractivity contribution in [1.29, 1.82) is 0 Å². The number of piperidine rings is 1. The summed E-state index contributed by atoms with van der Waals surface area (Å²) < 4.78 is 13.0. The van der Waals surface area contributed by atoms with Crippen LogP contribution in [-0.2, 0) is 0 Å². The van der Waals surface area contributed by atoms with Gasteiger partial charge in [0.15, 0.2) is 0 Å². The molecular formula is C9H17FN2. The van der Waals surface area contributed by atoms with E-state index in [-0.39, 0.29) is 0 Å². The van der Waals surface area contributed by atoms with Crippen molar-refractivity contribution < 1.29 is 4.39 Å². The highest BCUT2D eigenvalue weighted by Crippen LogP contribution is 2.18. The maximum Gasteiger partial charge on any atom is 0.113 e. The summed E-state index contributed by atoms with van der Waals surface area (Å²) in [5.41, 5.74) is 0. The summed E-state index contributed by atoms with van der Waals surface area (Å²) in [4.78, 5) is 2.31. The molecule has 2 aliphatic heterocycles. The molecule has 1 unspecified atom stereocenters. The van der Waals surface area contributed by atoms with Gasteiger partial charge in [0, 0.05) is 19.1 Å². The minimum Gasteiger partial charge on any atom is -0.315 e. The van der Waals surface area contributed by atoms with Crippen LogP contribution in [0, 0.1) is 0 Å². The first-order valence-corrected chi connectivity index (χ1v) is 4.95. The number of likely N-dealkylation sites (tertiary alicyclic amines) is 1. The van der Waals surface area contributed by atoms with Gasteiger partial charge < -0.3 is 5.32 Å². The van der Waals surface area contributed by atoms with Crippen LogP contribution < -0.4 is 5.32 Å². The van der Waals surface area contributed by atoms with Crippen molar-refractivity contribution in [2.75, 3.05) is 26.2 Å². The maximum absolute atomic E-state index is 13.0. The molecule has 0 bridgehead atoms. The number of hydrogen-bond donors (Lipinski definition) is 1. The van der Waals surface area contributed by atoms with E-state index in [0.717, 1.165) is 32.5 Å². The smallest absolute Gasteiger partial charge is 0.113 e. The van der Waals surface area contributed by atoms with E-state index in [1.54, 1.807) is 0 Å². The van der Waals surface area contributed by atoms with Crippen molar-refractivity contribution in [3.63, 3.8) is 0 Å². The minimum atomic E-state index is -0.570. The molecule has 2 heterocycles. The largest absolute Gasteiger partial charge is 0.315 e. The summed E-state index contributed by atoms with van der Waals surface area (Å²) in [5, 5.41) is 3.32. The molecule has 2 aliphatic rings. The van der Waals surface area contributed by atoms with Gasteiger partial charge >= 0.3 is 0 Å². The molecule has 70 valence electrons. The molecule has 0 spiro atoms. The molecule has 0 amide bonds. The molecule has 0 aliphatic carbocycles. The molecule has 0 aromatic carbocycles. The van der Waals surface area contributed by atoms with Gasteiger partial charge in [-0.3, -0.25) is 4.90 Å². The van der Waals surface area contributed by atoms with E-state index in [4.69, 9.17) is 0 Å². The third-order valence-corrected chi connectivity index (χ3v) is 2.95. The standard InChI is InChI=1S/C9H17FN2/c10-8-2-1-5-12(7-8)9-3-4-11-6-9/h8-9,11H,1-7H2/t8?,9-/m1/s1. The van der Waals surface area contributed by atoms with Crippen LogP contribution in [0.15, 0.2) is 0 Å². The highest BCUT2D eigenvalue weighted by atomic mass is 19.1. The van der Waals surface area contributed by atoms with Gasteiger partial charge in [0.2, 0.25) is 0 Å². The Morgan fingerprint density at radius 2 is 2.25 bits per heavy atom. The molecule has 2 rings (SSSR count). The number of nitrogens with one attached hydrogen (secondary N) is 1. The second kappa shape index (κ2) is 3.71. The Morgan fingerprint density at radius 3 is 2.92 bits per heavy atom. The van der Waals surface area contributed by atoms with Gasteiger partial charge in [-0.15, -0.1) is 0 Å². The Morgan fingerprint density at radius 1 is 1.33 bits per heavy atom. The van der Waals surface area contributed by atoms with Crippen molar-refractivity contribution in [2.24, 2.45) is 0 Å². The van der Waals surface area contributed by atoms with Gasteiger partial charge in [0.25, 0.3) is 0 Å². The van der Waals surface area contributed by atoms with Gasteiger partial charge in [-0.25, -0.2) is 4.39 Å². The van der Waals surface area contributed by atoms with Crippen LogP contribution in [-0.4, -0.2) is 43.3 Å². The summed E-state index contributed by atoms with van der Waals surface area (Å²) in [6, 6.07) is 0.614. The van der Waals surface area contributed by atoms with Gasteiger partial charge in [-0.1, -0.05) is 0 Å². The fourth-order valence-electron chi connectivity index (χ4n) is 2.24. The second-order valence-corrected chi connectivity index (χ2v) is 3.88. The molecule has 2 nitrogen and oxygen atoms in total. The predicted octanol–water partition coefficient (Wildman–Crippen LogP) is 0.782. The molecule has 0 radical (unpaired) electrons. The number of rotatable bonds is 1. The lowest BCUT2D eigenvalue weighted by Crippen LogP contribution is -2.44. The van der Waals surface area contributed by atoms with Crippen molar-refractivity contribution in [1.82, 2.24) is 10.2 Å². The van der Waals surface area contributed by atoms with Crippen LogP contribution >= 0.6 is 0 Å². The molecule has 0 aromatic heterocycles. The average Bonchev–Trinajstić information content (AvgIpc) is 2.56. The van der Waals surface area contributed by atoms with Gasteiger partial charge in [-0.05, 0) is 32.4 Å². The average molecular weight is 172 g/mol. The zero-order valence-electron chi connectivity index (χ0n) is 7.43. The molecule has 0 aromatic rings. The normalized spacial score (nSPS) is 38.8. The fourth-order valence-corrected chi connectivity index (χ4v) is 2.24. The zero-order valence-corrected chi connectivity index (χ0v) is 7.43. The Labute approximate surface area is 73.1 Å². The monoisotopic (exact) mass is 172 g/mol. The molecule has 2 fully saturated rings. The van der Waals surface area contributed by atoms with Crippen molar-refractivity contribution >= 4 is 0 Å². The topological polar surface area (TPSA) is 15.3 Å². The first-order valence-electron chi connectivity index (χ1n) is 4.95. The Balaban J connectivity index is 1.85. The quantitative estimate of drug-likeness (QED) is 0.629. The van der Waals surface area contributed by atoms with Crippen LogP contribution in [0.5, 0.6) is 0 Å². The molecule has 3 heteroatoms. The summed E-state index contributed by atoms with van der Waals surface area (Å²) >= 11 is 0. The van der Waals surface area contributed by atoms with Crippen LogP contribution in [0.2, 0.25) is 0 Å². The van der Waals surface area contributed by atoms with Gasteiger partial charge in [-0.2, -0.15) is 0 Å². The van der Waals surface area contributed by atoms with Crippen LogP contribution in [0.4, 0.5) is 4.39 Å². The lowest BCUT2D eigenvalue weighted by atomic mass is 10.1. The summed E-state index contributed by atoms with van der Waals surface area (Å²) in [6.07, 6.45) is 2.44. The van der Waals surface area contributed by atoms with E-state index < -0.39 is 6.17 Å². The van der Waals surface area contributed by atoms with Crippen LogP contribution in [0.25, 0.3) is 0 Å². The van der Waals surface area contributed by atoms with Crippen molar-refractivity contribution in [3.8, 4) is 0 Å². The Bertz CT molecular complexity index is 145. The van der Waals surface area contributed by atoms with E-state index in [1.807, 2.05) is 0 Å². The second-order valence-electron chi connectivity index (χ2n) is 3.88. The Kier molecular flexibility index (Phi) is 2.61. The lowest BCUT2D eigenvalue weighted by Gasteiger charge is -2.33. The third-order valence-electron chi connectivity index (χ3n) is 2.95. The minimum absolute atomic E-state index is 0.570. The van der Waals surface area contributed by atoms with Crippen molar-refractivity contribution in [3.05, 3.63) is 0 Å². The number of hydrogen-bond acceptors (Lipinski definition) is 2. The van der Waals surface area contributed by atoms with Gasteiger partial charge in [0.1, 0.15) is 6.17 Å². The fraction of sp³-hybridized carbons (Fsp3) is 1.00. The van der Waals surface area contributed by atoms with Crippen molar-refractivity contribution in [2.45, 2.75) is 31.5 Å². The highest BCUT2D eigenvalue weighted by molar-refractivity contribution is 4.84. The molecule has 2 atom stereocenters. The summed E-state index contributed by atoms with van der Waals surface area (Å²) in [5.74, 6) is 0. The first-order chi connectivity index (χ1) is 5.86. The van der Waals surface area contributed by atoms with Crippen LogP contribution in [0.1, 0.15) is 19.3 Å². The zero-order chi connectivity index (χ0) is 8.39. The lowest BCUT2D eigenvalue weighted by molar-refractivity contribution is 0.106. The predicted molar refractivity (Wildman–Crippen MR) is 47.0 cm³/mol. The molecule has 1 N–H and O–H groups in total. The first kappa shape index (κ1) is 8.45. The SMILES string of the molecule is FC1CCCN([C@@H]2CCNC2)C1. The number of alkyl halides is 1. The molecule has 2 saturated heterocycles. The summed E-state index contributed by atoms with van der Waals surface area (Å²) in [6.45, 7) is 3.95. The van der Waals surface area contributed by atoms with E-state index in [9.17, 15) is 4.39 Å². The molecular weight excluding hydrogens is 155 g/mol. The summed E-state index contributed by atoms with van der Waals surface area (Å²) in [7, 11) is 0. The van der Waals surface area contributed by atoms with E-state index >= 15 is 0 Å². The maximum atomic E-state index is 13.0. The van der Waals surface area contributed by atoms with E-state index in [0.29, 0.717) is 12.6 Å². The highest BCUT2D eigenvalue weighted by Gasteiger charge is 2.27.